The number of carboxylic acids is 1. The Balaban J connectivity index is 0.00000210. The summed E-state index contributed by atoms with van der Waals surface area (Å²) in [7, 11) is 0. The summed E-state index contributed by atoms with van der Waals surface area (Å²) in [5.74, 6) is -0.0952. The van der Waals surface area contributed by atoms with Crippen LogP contribution in [0.25, 0.3) is 21.8 Å². The molecule has 1 aromatic heterocycles. The van der Waals surface area contributed by atoms with Crippen molar-refractivity contribution in [3.63, 3.8) is 0 Å². The molecule has 1 unspecified atom stereocenters. The second kappa shape index (κ2) is 7.80. The molecule has 5 heteroatoms. The van der Waals surface area contributed by atoms with Crippen LogP contribution < -0.4 is 0 Å². The zero-order valence-corrected chi connectivity index (χ0v) is 15.8. The summed E-state index contributed by atoms with van der Waals surface area (Å²) in [5, 5.41) is 11.7. The molecule has 0 amide bonds. The minimum atomic E-state index is -0.796. The van der Waals surface area contributed by atoms with Crippen LogP contribution in [0.2, 0.25) is 0 Å². The number of H-pyrrole nitrogens is 1. The van der Waals surface area contributed by atoms with E-state index in [4.69, 9.17) is 4.98 Å². The van der Waals surface area contributed by atoms with Crippen LogP contribution in [-0.4, -0.2) is 21.0 Å². The normalized spacial score (nSPS) is 12.0. The van der Waals surface area contributed by atoms with E-state index in [0.717, 1.165) is 38.8 Å². The first kappa shape index (κ1) is 18.9. The average Bonchev–Trinajstić information content (AvgIpc) is 3.04. The van der Waals surface area contributed by atoms with Gasteiger partial charge in [-0.15, -0.1) is 12.4 Å². The Labute approximate surface area is 163 Å². The van der Waals surface area contributed by atoms with Crippen molar-refractivity contribution in [1.29, 1.82) is 0 Å². The maximum absolute atomic E-state index is 11.4. The topological polar surface area (TPSA) is 66.0 Å². The molecule has 2 N–H and O–H groups in total. The molecule has 0 bridgehead atoms. The Morgan fingerprint density at radius 3 is 2.59 bits per heavy atom. The van der Waals surface area contributed by atoms with Gasteiger partial charge in [-0.1, -0.05) is 54.6 Å². The van der Waals surface area contributed by atoms with Crippen molar-refractivity contribution in [2.24, 2.45) is 0 Å². The average molecular weight is 381 g/mol. The molecule has 0 aliphatic heterocycles. The number of para-hydroxylation sites is 1. The summed E-state index contributed by atoms with van der Waals surface area (Å²) >= 11 is 0. The number of benzene rings is 3. The number of aliphatic carboxylic acids is 1. The van der Waals surface area contributed by atoms with Gasteiger partial charge in [0.2, 0.25) is 0 Å². The largest absolute Gasteiger partial charge is 0.481 e. The number of hydrogen-bond donors (Lipinski definition) is 2. The van der Waals surface area contributed by atoms with E-state index < -0.39 is 5.97 Å². The highest BCUT2D eigenvalue weighted by molar-refractivity contribution is 5.85. The fraction of sp³-hybridized carbons (Fsp3) is 0.182. The Kier molecular flexibility index (Phi) is 5.47. The molecule has 138 valence electrons. The van der Waals surface area contributed by atoms with E-state index in [1.54, 1.807) is 0 Å². The smallest absolute Gasteiger partial charge is 0.303 e. The van der Waals surface area contributed by atoms with Gasteiger partial charge in [0.05, 0.1) is 17.5 Å². The number of carbonyl (C=O) groups is 1. The third-order valence-corrected chi connectivity index (χ3v) is 4.87. The van der Waals surface area contributed by atoms with E-state index in [1.165, 1.54) is 0 Å². The molecule has 4 aromatic rings. The van der Waals surface area contributed by atoms with Gasteiger partial charge in [-0.25, -0.2) is 4.98 Å². The molecule has 0 fully saturated rings. The van der Waals surface area contributed by atoms with Crippen LogP contribution in [-0.2, 0) is 11.2 Å². The van der Waals surface area contributed by atoms with Crippen molar-refractivity contribution < 1.29 is 9.90 Å². The van der Waals surface area contributed by atoms with E-state index in [2.05, 4.69) is 29.2 Å². The number of aryl methyl sites for hydroxylation is 1. The Hall–Kier alpha value is -2.85. The first-order valence-corrected chi connectivity index (χ1v) is 8.75. The van der Waals surface area contributed by atoms with Gasteiger partial charge in [0.25, 0.3) is 0 Å². The van der Waals surface area contributed by atoms with Crippen LogP contribution in [0.1, 0.15) is 29.3 Å². The highest BCUT2D eigenvalue weighted by Crippen LogP contribution is 2.28. The summed E-state index contributed by atoms with van der Waals surface area (Å²) in [6.07, 6.45) is 0.646. The van der Waals surface area contributed by atoms with E-state index in [1.807, 2.05) is 43.3 Å². The van der Waals surface area contributed by atoms with Crippen molar-refractivity contribution >= 4 is 40.2 Å². The fourth-order valence-corrected chi connectivity index (χ4v) is 3.54. The van der Waals surface area contributed by atoms with Crippen LogP contribution in [0.5, 0.6) is 0 Å². The van der Waals surface area contributed by atoms with Gasteiger partial charge >= 0.3 is 5.97 Å². The van der Waals surface area contributed by atoms with Gasteiger partial charge in [-0.05, 0) is 34.9 Å². The molecule has 4 nitrogen and oxygen atoms in total. The molecule has 0 radical (unpaired) electrons. The van der Waals surface area contributed by atoms with Crippen LogP contribution >= 0.6 is 12.4 Å². The minimum Gasteiger partial charge on any atom is -0.481 e. The predicted molar refractivity (Wildman–Crippen MR) is 111 cm³/mol. The molecular weight excluding hydrogens is 360 g/mol. The number of halogens is 1. The third kappa shape index (κ3) is 3.96. The third-order valence-electron chi connectivity index (χ3n) is 4.87. The van der Waals surface area contributed by atoms with Gasteiger partial charge in [-0.3, -0.25) is 4.79 Å². The maximum Gasteiger partial charge on any atom is 0.303 e. The molecule has 27 heavy (non-hydrogen) atoms. The minimum absolute atomic E-state index is 0. The summed E-state index contributed by atoms with van der Waals surface area (Å²) in [5.41, 5.74) is 4.09. The quantitative estimate of drug-likeness (QED) is 0.497. The van der Waals surface area contributed by atoms with Crippen LogP contribution in [0.15, 0.2) is 60.7 Å². The fourth-order valence-electron chi connectivity index (χ4n) is 3.54. The number of fused-ring (bicyclic) bond motifs is 2. The number of hydrogen-bond acceptors (Lipinski definition) is 2. The molecule has 1 heterocycles. The first-order valence-electron chi connectivity index (χ1n) is 8.75. The lowest BCUT2D eigenvalue weighted by molar-refractivity contribution is -0.137. The Morgan fingerprint density at radius 2 is 1.85 bits per heavy atom. The lowest BCUT2D eigenvalue weighted by Crippen LogP contribution is -2.10. The molecule has 0 aliphatic carbocycles. The van der Waals surface area contributed by atoms with Gasteiger partial charge in [0.1, 0.15) is 5.82 Å². The van der Waals surface area contributed by atoms with Gasteiger partial charge in [0.15, 0.2) is 0 Å². The predicted octanol–water partition coefficient (Wildman–Crippen LogP) is 5.25. The summed E-state index contributed by atoms with van der Waals surface area (Å²) < 4.78 is 0. The standard InChI is InChI=1S/C22H20N2O2.ClH/c1-14-5-4-8-19-22(14)24-20(23-19)12-18(13-21(25)26)17-10-9-15-6-2-3-7-16(15)11-17;/h2-11,18H,12-13H2,1H3,(H,23,24)(H,25,26);1H. The van der Waals surface area contributed by atoms with Crippen molar-refractivity contribution in [3.05, 3.63) is 77.6 Å². The molecular formula is C22H21ClN2O2. The molecule has 3 aromatic carbocycles. The molecule has 0 saturated heterocycles. The van der Waals surface area contributed by atoms with Crippen molar-refractivity contribution in [2.45, 2.75) is 25.7 Å². The van der Waals surface area contributed by atoms with Crippen LogP contribution in [0.4, 0.5) is 0 Å². The van der Waals surface area contributed by atoms with E-state index in [9.17, 15) is 9.90 Å². The Bertz CT molecular complexity index is 1100. The number of imidazole rings is 1. The van der Waals surface area contributed by atoms with Gasteiger partial charge in [-0.2, -0.15) is 0 Å². The molecule has 0 saturated carbocycles. The molecule has 0 aliphatic rings. The SMILES string of the molecule is Cc1cccc2[nH]c(CC(CC(=O)O)c3ccc4ccccc4c3)nc12.Cl. The number of carboxylic acid groups (broad SMARTS) is 1. The van der Waals surface area contributed by atoms with Gasteiger partial charge < -0.3 is 10.1 Å². The lowest BCUT2D eigenvalue weighted by atomic mass is 9.90. The van der Waals surface area contributed by atoms with Crippen molar-refractivity contribution in [1.82, 2.24) is 9.97 Å². The van der Waals surface area contributed by atoms with Crippen LogP contribution in [0, 0.1) is 6.92 Å². The molecule has 4 rings (SSSR count). The number of nitrogens with zero attached hydrogens (tertiary/aromatic N) is 1. The molecule has 0 spiro atoms. The summed E-state index contributed by atoms with van der Waals surface area (Å²) in [6, 6.07) is 20.3. The zero-order chi connectivity index (χ0) is 18.1. The number of nitrogens with one attached hydrogen (secondary N) is 1. The second-order valence-corrected chi connectivity index (χ2v) is 6.76. The monoisotopic (exact) mass is 380 g/mol. The number of rotatable bonds is 5. The first-order chi connectivity index (χ1) is 12.6. The van der Waals surface area contributed by atoms with Crippen molar-refractivity contribution in [2.75, 3.05) is 0 Å². The van der Waals surface area contributed by atoms with Crippen molar-refractivity contribution in [3.8, 4) is 0 Å². The highest BCUT2D eigenvalue weighted by atomic mass is 35.5. The highest BCUT2D eigenvalue weighted by Gasteiger charge is 2.19. The lowest BCUT2D eigenvalue weighted by Gasteiger charge is -2.15. The number of aromatic amines is 1. The van der Waals surface area contributed by atoms with Gasteiger partial charge in [0, 0.05) is 12.3 Å². The van der Waals surface area contributed by atoms with E-state index in [0.29, 0.717) is 6.42 Å². The zero-order valence-electron chi connectivity index (χ0n) is 15.0. The van der Waals surface area contributed by atoms with E-state index >= 15 is 0 Å². The van der Waals surface area contributed by atoms with Crippen LogP contribution in [0.3, 0.4) is 0 Å². The number of aromatic nitrogens is 2. The Morgan fingerprint density at radius 1 is 1.07 bits per heavy atom. The second-order valence-electron chi connectivity index (χ2n) is 6.76. The summed E-state index contributed by atoms with van der Waals surface area (Å²) in [6.45, 7) is 2.03. The molecule has 1 atom stereocenters. The van der Waals surface area contributed by atoms with E-state index in [-0.39, 0.29) is 24.7 Å². The summed E-state index contributed by atoms with van der Waals surface area (Å²) in [4.78, 5) is 19.5. The maximum atomic E-state index is 11.4.